The Bertz CT molecular complexity index is 657. The highest BCUT2D eigenvalue weighted by Gasteiger charge is 2.11. The van der Waals surface area contributed by atoms with Crippen molar-refractivity contribution in [2.75, 3.05) is 12.3 Å². The largest absolute Gasteiger partial charge is 0.491 e. The Hall–Kier alpha value is -2.76. The predicted molar refractivity (Wildman–Crippen MR) is 77.0 cm³/mol. The van der Waals surface area contributed by atoms with Gasteiger partial charge >= 0.3 is 0 Å². The quantitative estimate of drug-likeness (QED) is 0.829. The molecule has 110 valence electrons. The highest BCUT2D eigenvalue weighted by Crippen LogP contribution is 2.33. The molecule has 0 aliphatic carbocycles. The molecule has 0 bridgehead atoms. The predicted octanol–water partition coefficient (Wildman–Crippen LogP) is 2.70. The van der Waals surface area contributed by atoms with Gasteiger partial charge < -0.3 is 20.9 Å². The van der Waals surface area contributed by atoms with E-state index >= 15 is 0 Å². The van der Waals surface area contributed by atoms with Crippen LogP contribution in [0, 0.1) is 5.82 Å². The number of carbonyl (C=O) groups excluding carboxylic acids is 1. The molecule has 0 saturated heterocycles. The number of benzene rings is 2. The first-order chi connectivity index (χ1) is 10.0. The number of halogens is 1. The molecule has 2 aromatic carbocycles. The topological polar surface area (TPSA) is 87.6 Å². The van der Waals surface area contributed by atoms with Crippen molar-refractivity contribution in [3.05, 3.63) is 47.8 Å². The van der Waals surface area contributed by atoms with Crippen LogP contribution in [-0.4, -0.2) is 12.5 Å². The Labute approximate surface area is 121 Å². The zero-order valence-electron chi connectivity index (χ0n) is 11.4. The number of hydrogen-bond donors (Lipinski definition) is 2. The van der Waals surface area contributed by atoms with Crippen molar-refractivity contribution in [2.45, 2.75) is 6.92 Å². The van der Waals surface area contributed by atoms with E-state index in [9.17, 15) is 9.18 Å². The normalized spacial score (nSPS) is 10.2. The fourth-order valence-corrected chi connectivity index (χ4v) is 1.72. The summed E-state index contributed by atoms with van der Waals surface area (Å²) >= 11 is 0. The summed E-state index contributed by atoms with van der Waals surface area (Å²) in [4.78, 5) is 11.0. The molecule has 2 rings (SSSR count). The maximum Gasteiger partial charge on any atom is 0.248 e. The van der Waals surface area contributed by atoms with Gasteiger partial charge in [-0.05, 0) is 31.2 Å². The molecule has 5 nitrogen and oxygen atoms in total. The minimum atomic E-state index is -0.550. The first-order valence-electron chi connectivity index (χ1n) is 6.30. The Morgan fingerprint density at radius 1 is 1.19 bits per heavy atom. The van der Waals surface area contributed by atoms with E-state index < -0.39 is 11.7 Å². The smallest absolute Gasteiger partial charge is 0.248 e. The van der Waals surface area contributed by atoms with Gasteiger partial charge in [0, 0.05) is 17.7 Å². The number of nitrogen functional groups attached to an aromatic ring is 1. The maximum atomic E-state index is 13.6. The summed E-state index contributed by atoms with van der Waals surface area (Å²) in [6.45, 7) is 2.08. The molecule has 0 aliphatic heterocycles. The van der Waals surface area contributed by atoms with Gasteiger partial charge in [0.05, 0.1) is 12.3 Å². The Kier molecular flexibility index (Phi) is 4.27. The van der Waals surface area contributed by atoms with Crippen molar-refractivity contribution >= 4 is 11.6 Å². The summed E-state index contributed by atoms with van der Waals surface area (Å²) in [5.41, 5.74) is 11.4. The van der Waals surface area contributed by atoms with E-state index in [2.05, 4.69) is 0 Å². The van der Waals surface area contributed by atoms with Gasteiger partial charge in [0.15, 0.2) is 17.3 Å². The van der Waals surface area contributed by atoms with Crippen LogP contribution in [0.3, 0.4) is 0 Å². The number of hydrogen-bond acceptors (Lipinski definition) is 4. The van der Waals surface area contributed by atoms with E-state index in [0.29, 0.717) is 17.9 Å². The summed E-state index contributed by atoms with van der Waals surface area (Å²) in [5, 5.41) is 0. The second-order valence-electron chi connectivity index (χ2n) is 4.24. The third-order valence-corrected chi connectivity index (χ3v) is 2.73. The second kappa shape index (κ2) is 6.13. The molecule has 0 aliphatic rings. The SMILES string of the molecule is CCOc1cc(Oc2ccc(C(N)=O)cc2)c(N)cc1F. The molecule has 6 heteroatoms. The molecule has 4 N–H and O–H groups in total. The van der Waals surface area contributed by atoms with Crippen molar-refractivity contribution in [1.29, 1.82) is 0 Å². The van der Waals surface area contributed by atoms with Gasteiger partial charge in [0.2, 0.25) is 5.91 Å². The summed E-state index contributed by atoms with van der Waals surface area (Å²) < 4.78 is 24.3. The van der Waals surface area contributed by atoms with E-state index in [4.69, 9.17) is 20.9 Å². The molecule has 0 aromatic heterocycles. The summed E-state index contributed by atoms with van der Waals surface area (Å²) in [5.74, 6) is -0.296. The summed E-state index contributed by atoms with van der Waals surface area (Å²) in [7, 11) is 0. The monoisotopic (exact) mass is 290 g/mol. The van der Waals surface area contributed by atoms with Crippen LogP contribution in [0.2, 0.25) is 0 Å². The third-order valence-electron chi connectivity index (χ3n) is 2.73. The van der Waals surface area contributed by atoms with E-state index in [1.807, 2.05) is 0 Å². The van der Waals surface area contributed by atoms with E-state index in [-0.39, 0.29) is 17.2 Å². The number of primary amides is 1. The van der Waals surface area contributed by atoms with Crippen molar-refractivity contribution in [3.63, 3.8) is 0 Å². The van der Waals surface area contributed by atoms with Gasteiger partial charge in [0.1, 0.15) is 5.75 Å². The van der Waals surface area contributed by atoms with Crippen molar-refractivity contribution in [2.24, 2.45) is 5.73 Å². The lowest BCUT2D eigenvalue weighted by atomic mass is 10.2. The second-order valence-corrected chi connectivity index (χ2v) is 4.24. The van der Waals surface area contributed by atoms with Gasteiger partial charge in [-0.3, -0.25) is 4.79 Å². The number of anilines is 1. The van der Waals surface area contributed by atoms with E-state index in [1.54, 1.807) is 19.1 Å². The van der Waals surface area contributed by atoms with Gasteiger partial charge in [-0.15, -0.1) is 0 Å². The molecule has 0 saturated carbocycles. The van der Waals surface area contributed by atoms with Gasteiger partial charge in [-0.1, -0.05) is 0 Å². The number of ether oxygens (including phenoxy) is 2. The highest BCUT2D eigenvalue weighted by molar-refractivity contribution is 5.92. The molecule has 0 atom stereocenters. The molecule has 0 fully saturated rings. The molecule has 0 heterocycles. The zero-order valence-corrected chi connectivity index (χ0v) is 11.4. The zero-order chi connectivity index (χ0) is 15.4. The van der Waals surface area contributed by atoms with Crippen LogP contribution in [0.1, 0.15) is 17.3 Å². The molecule has 21 heavy (non-hydrogen) atoms. The van der Waals surface area contributed by atoms with Gasteiger partial charge in [0.25, 0.3) is 0 Å². The Balaban J connectivity index is 2.26. The van der Waals surface area contributed by atoms with E-state index in [0.717, 1.165) is 6.07 Å². The lowest BCUT2D eigenvalue weighted by Crippen LogP contribution is -2.10. The van der Waals surface area contributed by atoms with Gasteiger partial charge in [-0.25, -0.2) is 4.39 Å². The lowest BCUT2D eigenvalue weighted by Gasteiger charge is -2.12. The Morgan fingerprint density at radius 3 is 2.43 bits per heavy atom. The standard InChI is InChI=1S/C15H15FN2O3/c1-2-20-13-8-14(12(17)7-11(13)16)21-10-5-3-9(4-6-10)15(18)19/h3-8H,2,17H2,1H3,(H2,18,19). The molecule has 1 amide bonds. The minimum absolute atomic E-state index is 0.0652. The summed E-state index contributed by atoms with van der Waals surface area (Å²) in [6.07, 6.45) is 0. The van der Waals surface area contributed by atoms with Crippen molar-refractivity contribution in [3.8, 4) is 17.2 Å². The lowest BCUT2D eigenvalue weighted by molar-refractivity contribution is 0.100. The minimum Gasteiger partial charge on any atom is -0.491 e. The Morgan fingerprint density at radius 2 is 1.86 bits per heavy atom. The number of rotatable bonds is 5. The van der Waals surface area contributed by atoms with Gasteiger partial charge in [-0.2, -0.15) is 0 Å². The maximum absolute atomic E-state index is 13.6. The fourth-order valence-electron chi connectivity index (χ4n) is 1.72. The highest BCUT2D eigenvalue weighted by atomic mass is 19.1. The van der Waals surface area contributed by atoms with Crippen LogP contribution in [0.5, 0.6) is 17.2 Å². The number of amides is 1. The van der Waals surface area contributed by atoms with Crippen LogP contribution in [0.4, 0.5) is 10.1 Å². The van der Waals surface area contributed by atoms with Crippen LogP contribution >= 0.6 is 0 Å². The number of carbonyl (C=O) groups is 1. The van der Waals surface area contributed by atoms with Crippen LogP contribution in [-0.2, 0) is 0 Å². The molecule has 0 radical (unpaired) electrons. The van der Waals surface area contributed by atoms with Crippen molar-refractivity contribution in [1.82, 2.24) is 0 Å². The average molecular weight is 290 g/mol. The first kappa shape index (κ1) is 14.6. The number of nitrogens with two attached hydrogens (primary N) is 2. The van der Waals surface area contributed by atoms with Crippen LogP contribution < -0.4 is 20.9 Å². The van der Waals surface area contributed by atoms with Crippen LogP contribution in [0.25, 0.3) is 0 Å². The third kappa shape index (κ3) is 3.42. The fraction of sp³-hybridized carbons (Fsp3) is 0.133. The first-order valence-corrected chi connectivity index (χ1v) is 6.30. The van der Waals surface area contributed by atoms with Crippen LogP contribution in [0.15, 0.2) is 36.4 Å². The average Bonchev–Trinajstić information content (AvgIpc) is 2.45. The summed E-state index contributed by atoms with van der Waals surface area (Å²) in [6, 6.07) is 8.72. The molecule has 2 aromatic rings. The molecule has 0 unspecified atom stereocenters. The molecular formula is C15H15FN2O3. The van der Waals surface area contributed by atoms with Crippen molar-refractivity contribution < 1.29 is 18.7 Å². The molecule has 0 spiro atoms. The molecular weight excluding hydrogens is 275 g/mol. The van der Waals surface area contributed by atoms with E-state index in [1.165, 1.54) is 18.2 Å².